The number of benzene rings is 1. The summed E-state index contributed by atoms with van der Waals surface area (Å²) in [4.78, 5) is 36.6. The molecule has 0 radical (unpaired) electrons. The molecule has 98 valence electrons. The third-order valence-electron chi connectivity index (χ3n) is 2.92. The SMILES string of the molecule is [2H]c1c([2H])c(N)c2c(c1[2H])C(=O)N(C1([2H])CCC(=O)NC1=O)C2([2H])[2H]. The quantitative estimate of drug-likeness (QED) is 0.553. The maximum atomic E-state index is 12.8. The van der Waals surface area contributed by atoms with Crippen LogP contribution in [0, 0.1) is 0 Å². The lowest BCUT2D eigenvalue weighted by molar-refractivity contribution is -0.136. The largest absolute Gasteiger partial charge is 0.398 e. The number of fused-ring (bicyclic) bond motifs is 1. The Morgan fingerprint density at radius 3 is 3.00 bits per heavy atom. The molecule has 1 unspecified atom stereocenters. The van der Waals surface area contributed by atoms with E-state index in [2.05, 4.69) is 0 Å². The van der Waals surface area contributed by atoms with Crippen molar-refractivity contribution in [2.75, 3.05) is 5.73 Å². The van der Waals surface area contributed by atoms with Crippen LogP contribution in [0.1, 0.15) is 37.0 Å². The number of imide groups is 1. The molecule has 2 aliphatic heterocycles. The van der Waals surface area contributed by atoms with E-state index >= 15 is 0 Å². The molecule has 1 fully saturated rings. The molecule has 0 aliphatic carbocycles. The Kier molecular flexibility index (Phi) is 1.44. The minimum atomic E-state index is -2.75. The molecule has 2 aliphatic rings. The van der Waals surface area contributed by atoms with Crippen molar-refractivity contribution in [2.45, 2.75) is 25.4 Å². The second-order valence-electron chi connectivity index (χ2n) is 4.12. The summed E-state index contributed by atoms with van der Waals surface area (Å²) in [6.45, 7) is -2.75. The van der Waals surface area contributed by atoms with Crippen LogP contribution in [0.25, 0.3) is 0 Å². The Morgan fingerprint density at radius 2 is 2.26 bits per heavy atom. The number of rotatable bonds is 1. The van der Waals surface area contributed by atoms with Gasteiger partial charge < -0.3 is 10.6 Å². The number of nitrogens with one attached hydrogen (secondary N) is 1. The number of hydrogen-bond acceptors (Lipinski definition) is 4. The van der Waals surface area contributed by atoms with Crippen molar-refractivity contribution in [1.82, 2.24) is 10.2 Å². The van der Waals surface area contributed by atoms with Gasteiger partial charge in [-0.15, -0.1) is 0 Å². The Balaban J connectivity index is 2.25. The molecule has 2 heterocycles. The van der Waals surface area contributed by atoms with E-state index in [1.54, 1.807) is 0 Å². The Hall–Kier alpha value is -2.37. The molecule has 3 amide bonds. The van der Waals surface area contributed by atoms with Gasteiger partial charge in [0.1, 0.15) is 6.02 Å². The summed E-state index contributed by atoms with van der Waals surface area (Å²) in [5.41, 5.74) is 4.17. The van der Waals surface area contributed by atoms with E-state index in [4.69, 9.17) is 14.0 Å². The third kappa shape index (κ3) is 1.76. The number of carbonyl (C=O) groups excluding carboxylic acids is 3. The monoisotopic (exact) mass is 265 g/mol. The van der Waals surface area contributed by atoms with Crippen LogP contribution in [0.4, 0.5) is 5.69 Å². The predicted octanol–water partition coefficient (Wildman–Crippen LogP) is 0.0298. The van der Waals surface area contributed by atoms with Gasteiger partial charge in [-0.3, -0.25) is 19.7 Å². The number of hydrogen-bond donors (Lipinski definition) is 2. The van der Waals surface area contributed by atoms with Gasteiger partial charge >= 0.3 is 0 Å². The summed E-state index contributed by atoms with van der Waals surface area (Å²) in [7, 11) is 0. The Morgan fingerprint density at radius 1 is 1.47 bits per heavy atom. The first kappa shape index (κ1) is 6.70. The highest BCUT2D eigenvalue weighted by atomic mass is 16.2. The van der Waals surface area contributed by atoms with Crippen LogP contribution < -0.4 is 11.1 Å². The van der Waals surface area contributed by atoms with E-state index in [0.717, 1.165) is 0 Å². The van der Waals surface area contributed by atoms with Crippen molar-refractivity contribution in [3.05, 3.63) is 29.3 Å². The smallest absolute Gasteiger partial charge is 0.255 e. The zero-order valence-electron chi connectivity index (χ0n) is 15.7. The molecule has 0 bridgehead atoms. The first-order valence-corrected chi connectivity index (χ1v) is 5.53. The molecule has 1 atom stereocenters. The normalized spacial score (nSPS) is 33.5. The summed E-state index contributed by atoms with van der Waals surface area (Å²) in [5, 5.41) is 1.91. The first-order chi connectivity index (χ1) is 11.4. The van der Waals surface area contributed by atoms with E-state index in [0.29, 0.717) is 4.90 Å². The lowest BCUT2D eigenvalue weighted by Gasteiger charge is -2.29. The van der Waals surface area contributed by atoms with Gasteiger partial charge in [0.25, 0.3) is 5.91 Å². The fraction of sp³-hybridized carbons (Fsp3) is 0.308. The standard InChI is InChI=1S/C13H13N3O3/c14-9-3-1-2-7-8(9)6-16(13(7)19)10-4-5-11(17)15-12(10)18/h1-3,10H,4-6,14H2,(H,15,17,18)/i1D,2D,3D,6D2,10D. The highest BCUT2D eigenvalue weighted by molar-refractivity contribution is 6.06. The molecule has 0 saturated carbocycles. The number of piperidine rings is 1. The van der Waals surface area contributed by atoms with Gasteiger partial charge in [-0.2, -0.15) is 0 Å². The van der Waals surface area contributed by atoms with Gasteiger partial charge in [0.2, 0.25) is 11.8 Å². The van der Waals surface area contributed by atoms with Crippen LogP contribution >= 0.6 is 0 Å². The van der Waals surface area contributed by atoms with E-state index in [1.807, 2.05) is 5.32 Å². The van der Waals surface area contributed by atoms with E-state index in [1.165, 1.54) is 0 Å². The van der Waals surface area contributed by atoms with Gasteiger partial charge in [0.05, 0.1) is 8.22 Å². The summed E-state index contributed by atoms with van der Waals surface area (Å²) in [5.74, 6) is -2.94. The average molecular weight is 265 g/mol. The third-order valence-corrected chi connectivity index (χ3v) is 2.92. The molecule has 6 nitrogen and oxygen atoms in total. The number of amides is 3. The maximum Gasteiger partial charge on any atom is 0.255 e. The molecule has 0 aromatic heterocycles. The average Bonchev–Trinajstić information content (AvgIpc) is 2.73. The summed E-state index contributed by atoms with van der Waals surface area (Å²) in [6, 6.07) is -4.37. The summed E-state index contributed by atoms with van der Waals surface area (Å²) in [6.07, 6.45) is -0.687. The highest BCUT2D eigenvalue weighted by Gasteiger charge is 2.39. The molecular formula is C13H13N3O3. The number of anilines is 1. The molecular weight excluding hydrogens is 246 g/mol. The van der Waals surface area contributed by atoms with Crippen molar-refractivity contribution in [2.24, 2.45) is 0 Å². The first-order valence-electron chi connectivity index (χ1n) is 8.53. The maximum absolute atomic E-state index is 12.8. The van der Waals surface area contributed by atoms with Crippen LogP contribution in [0.2, 0.25) is 0 Å². The van der Waals surface area contributed by atoms with E-state index < -0.39 is 71.6 Å². The molecule has 3 rings (SSSR count). The molecule has 0 spiro atoms. The van der Waals surface area contributed by atoms with Crippen molar-refractivity contribution >= 4 is 23.4 Å². The van der Waals surface area contributed by atoms with Gasteiger partial charge in [-0.05, 0) is 18.5 Å². The van der Waals surface area contributed by atoms with Crippen LogP contribution in [0.5, 0.6) is 0 Å². The number of nitrogens with zero attached hydrogens (tertiary/aromatic N) is 1. The van der Waals surface area contributed by atoms with Crippen LogP contribution in [0.3, 0.4) is 0 Å². The van der Waals surface area contributed by atoms with Gasteiger partial charge in [-0.25, -0.2) is 0 Å². The van der Waals surface area contributed by atoms with Crippen molar-refractivity contribution in [3.63, 3.8) is 0 Å². The molecule has 1 aromatic rings. The second kappa shape index (κ2) is 4.08. The van der Waals surface area contributed by atoms with Crippen LogP contribution in [0.15, 0.2) is 18.1 Å². The van der Waals surface area contributed by atoms with Crippen molar-refractivity contribution < 1.29 is 22.6 Å². The topological polar surface area (TPSA) is 92.5 Å². The molecule has 19 heavy (non-hydrogen) atoms. The van der Waals surface area contributed by atoms with Crippen LogP contribution in [-0.2, 0) is 16.1 Å². The lowest BCUT2D eigenvalue weighted by atomic mass is 10.0. The molecule has 3 N–H and O–H groups in total. The Bertz CT molecular complexity index is 858. The van der Waals surface area contributed by atoms with Gasteiger partial charge in [0, 0.05) is 29.7 Å². The summed E-state index contributed by atoms with van der Waals surface area (Å²) >= 11 is 0. The van der Waals surface area contributed by atoms with E-state index in [9.17, 15) is 14.4 Å². The number of nitrogen functional groups attached to an aromatic ring is 1. The second-order valence-corrected chi connectivity index (χ2v) is 4.12. The zero-order chi connectivity index (χ0) is 18.9. The van der Waals surface area contributed by atoms with Gasteiger partial charge in [-0.1, -0.05) is 6.04 Å². The summed E-state index contributed by atoms with van der Waals surface area (Å²) < 4.78 is 48.1. The number of nitrogens with two attached hydrogens (primary N) is 1. The van der Waals surface area contributed by atoms with Crippen LogP contribution in [-0.4, -0.2) is 28.6 Å². The highest BCUT2D eigenvalue weighted by Crippen LogP contribution is 2.30. The number of carbonyl (C=O) groups is 3. The predicted molar refractivity (Wildman–Crippen MR) is 66.9 cm³/mol. The lowest BCUT2D eigenvalue weighted by Crippen LogP contribution is -2.52. The van der Waals surface area contributed by atoms with Crippen molar-refractivity contribution in [1.29, 1.82) is 0 Å². The zero-order valence-corrected chi connectivity index (χ0v) is 9.66. The minimum absolute atomic E-state index is 0.262. The molecule has 1 aromatic carbocycles. The van der Waals surface area contributed by atoms with E-state index in [-0.39, 0.29) is 6.42 Å². The fourth-order valence-electron chi connectivity index (χ4n) is 1.98. The minimum Gasteiger partial charge on any atom is -0.398 e. The fourth-order valence-corrected chi connectivity index (χ4v) is 1.98. The molecule has 1 saturated heterocycles. The van der Waals surface area contributed by atoms with Crippen molar-refractivity contribution in [3.8, 4) is 0 Å². The van der Waals surface area contributed by atoms with Gasteiger partial charge in [0.15, 0.2) is 0 Å². The molecule has 6 heteroatoms. The Labute approximate surface area is 118 Å².